The summed E-state index contributed by atoms with van der Waals surface area (Å²) in [6, 6.07) is 5.70. The van der Waals surface area contributed by atoms with Crippen molar-refractivity contribution in [2.24, 2.45) is 0 Å². The van der Waals surface area contributed by atoms with E-state index in [0.29, 0.717) is 17.3 Å². The molecule has 19 heavy (non-hydrogen) atoms. The number of aryl methyl sites for hydroxylation is 1. The molecule has 1 N–H and O–H groups in total. The van der Waals surface area contributed by atoms with Gasteiger partial charge in [-0.25, -0.2) is 4.98 Å². The Morgan fingerprint density at radius 3 is 2.89 bits per heavy atom. The highest BCUT2D eigenvalue weighted by Gasteiger charge is 2.05. The van der Waals surface area contributed by atoms with Crippen molar-refractivity contribution < 1.29 is 4.21 Å². The topological polar surface area (TPSA) is 42.0 Å². The molecule has 1 aromatic heterocycles. The maximum absolute atomic E-state index is 11.3. The molecule has 0 aliphatic rings. The second-order valence-corrected chi connectivity index (χ2v) is 7.04. The van der Waals surface area contributed by atoms with Crippen LogP contribution in [0, 0.1) is 6.92 Å². The fourth-order valence-electron chi connectivity index (χ4n) is 1.68. The van der Waals surface area contributed by atoms with Gasteiger partial charge in [-0.15, -0.1) is 11.3 Å². The van der Waals surface area contributed by atoms with Crippen LogP contribution in [0.2, 0.25) is 5.02 Å². The number of hydrogen-bond donors (Lipinski definition) is 1. The summed E-state index contributed by atoms with van der Waals surface area (Å²) in [5, 5.41) is 7.05. The number of thiazole rings is 1. The number of anilines is 1. The third-order valence-electron chi connectivity index (χ3n) is 2.51. The number of halogens is 1. The van der Waals surface area contributed by atoms with Crippen molar-refractivity contribution in [3.63, 3.8) is 0 Å². The number of aromatic nitrogens is 1. The summed E-state index contributed by atoms with van der Waals surface area (Å²) in [6.07, 6.45) is 1.68. The van der Waals surface area contributed by atoms with Gasteiger partial charge in [0.15, 0.2) is 0 Å². The van der Waals surface area contributed by atoms with Crippen LogP contribution in [0.3, 0.4) is 0 Å². The standard InChI is InChI=1S/C13H15ClN2OS2/c1-9-7-18-13(16-9)6-15-11-3-4-12(14)10(5-11)8-19(2)17/h3-5,7,15H,6,8H2,1-2H3. The first-order valence-electron chi connectivity index (χ1n) is 5.78. The second-order valence-electron chi connectivity index (χ2n) is 4.26. The van der Waals surface area contributed by atoms with Gasteiger partial charge in [0.25, 0.3) is 0 Å². The molecule has 2 aromatic rings. The summed E-state index contributed by atoms with van der Waals surface area (Å²) >= 11 is 7.73. The van der Waals surface area contributed by atoms with Crippen molar-refractivity contribution >= 4 is 39.4 Å². The predicted octanol–water partition coefficient (Wildman–Crippen LogP) is 3.60. The minimum atomic E-state index is -0.894. The van der Waals surface area contributed by atoms with Gasteiger partial charge in [0.2, 0.25) is 0 Å². The van der Waals surface area contributed by atoms with E-state index in [-0.39, 0.29) is 0 Å². The molecule has 6 heteroatoms. The minimum Gasteiger partial charge on any atom is -0.379 e. The average Bonchev–Trinajstić information content (AvgIpc) is 2.75. The van der Waals surface area contributed by atoms with Crippen molar-refractivity contribution in [3.05, 3.63) is 44.9 Å². The van der Waals surface area contributed by atoms with Crippen molar-refractivity contribution in [1.29, 1.82) is 0 Å². The van der Waals surface area contributed by atoms with E-state index < -0.39 is 10.8 Å². The summed E-state index contributed by atoms with van der Waals surface area (Å²) in [6.45, 7) is 2.67. The summed E-state index contributed by atoms with van der Waals surface area (Å²) < 4.78 is 11.3. The lowest BCUT2D eigenvalue weighted by Gasteiger charge is -2.08. The Morgan fingerprint density at radius 2 is 2.26 bits per heavy atom. The lowest BCUT2D eigenvalue weighted by molar-refractivity contribution is 0.686. The first kappa shape index (κ1) is 14.5. The third kappa shape index (κ3) is 4.30. The van der Waals surface area contributed by atoms with E-state index in [4.69, 9.17) is 11.6 Å². The Bertz CT molecular complexity index is 598. The molecule has 2 rings (SSSR count). The molecule has 1 atom stereocenters. The molecule has 0 bridgehead atoms. The Morgan fingerprint density at radius 1 is 1.47 bits per heavy atom. The number of benzene rings is 1. The van der Waals surface area contributed by atoms with Crippen molar-refractivity contribution in [2.45, 2.75) is 19.2 Å². The Kier molecular flexibility index (Phi) is 4.96. The van der Waals surface area contributed by atoms with Crippen LogP contribution in [0.5, 0.6) is 0 Å². The molecule has 1 heterocycles. The fourth-order valence-corrected chi connectivity index (χ4v) is 3.33. The molecule has 1 unspecified atom stereocenters. The third-order valence-corrected chi connectivity index (χ3v) is 4.57. The fraction of sp³-hybridized carbons (Fsp3) is 0.308. The minimum absolute atomic E-state index is 0.477. The van der Waals surface area contributed by atoms with E-state index in [2.05, 4.69) is 10.3 Å². The molecule has 0 fully saturated rings. The van der Waals surface area contributed by atoms with Crippen LogP contribution in [-0.4, -0.2) is 15.4 Å². The highest BCUT2D eigenvalue weighted by atomic mass is 35.5. The largest absolute Gasteiger partial charge is 0.379 e. The monoisotopic (exact) mass is 314 g/mol. The normalized spacial score (nSPS) is 12.4. The molecule has 102 valence electrons. The van der Waals surface area contributed by atoms with E-state index in [9.17, 15) is 4.21 Å². The van der Waals surface area contributed by atoms with Gasteiger partial charge in [0.05, 0.1) is 6.54 Å². The number of nitrogens with zero attached hydrogens (tertiary/aromatic N) is 1. The molecule has 1 aromatic carbocycles. The van der Waals surface area contributed by atoms with Gasteiger partial charge in [-0.2, -0.15) is 0 Å². The molecule has 0 aliphatic carbocycles. The first-order chi connectivity index (χ1) is 9.04. The number of hydrogen-bond acceptors (Lipinski definition) is 4. The summed E-state index contributed by atoms with van der Waals surface area (Å²) in [5.41, 5.74) is 2.92. The van der Waals surface area contributed by atoms with Gasteiger partial charge in [-0.3, -0.25) is 4.21 Å². The van der Waals surface area contributed by atoms with Crippen LogP contribution in [0.25, 0.3) is 0 Å². The van der Waals surface area contributed by atoms with Gasteiger partial charge in [0, 0.05) is 44.6 Å². The molecular formula is C13H15ClN2OS2. The highest BCUT2D eigenvalue weighted by Crippen LogP contribution is 2.22. The highest BCUT2D eigenvalue weighted by molar-refractivity contribution is 7.83. The van der Waals surface area contributed by atoms with Crippen LogP contribution in [0.4, 0.5) is 5.69 Å². The summed E-state index contributed by atoms with van der Waals surface area (Å²) in [4.78, 5) is 4.40. The van der Waals surface area contributed by atoms with Crippen LogP contribution < -0.4 is 5.32 Å². The van der Waals surface area contributed by atoms with E-state index in [1.54, 1.807) is 17.6 Å². The number of nitrogens with one attached hydrogen (secondary N) is 1. The zero-order valence-corrected chi connectivity index (χ0v) is 13.2. The van der Waals surface area contributed by atoms with Crippen LogP contribution in [0.15, 0.2) is 23.6 Å². The average molecular weight is 315 g/mol. The smallest absolute Gasteiger partial charge is 0.112 e. The molecular weight excluding hydrogens is 300 g/mol. The lowest BCUT2D eigenvalue weighted by atomic mass is 10.2. The Labute approximate surface area is 124 Å². The van der Waals surface area contributed by atoms with Gasteiger partial charge < -0.3 is 5.32 Å². The van der Waals surface area contributed by atoms with Crippen LogP contribution in [-0.2, 0) is 23.1 Å². The van der Waals surface area contributed by atoms with E-state index in [1.807, 2.05) is 30.5 Å². The molecule has 0 saturated heterocycles. The molecule has 0 amide bonds. The van der Waals surface area contributed by atoms with E-state index in [0.717, 1.165) is 22.0 Å². The molecule has 0 spiro atoms. The zero-order chi connectivity index (χ0) is 13.8. The predicted molar refractivity (Wildman–Crippen MR) is 83.4 cm³/mol. The van der Waals surface area contributed by atoms with Gasteiger partial charge in [0.1, 0.15) is 5.01 Å². The maximum atomic E-state index is 11.3. The molecule has 0 radical (unpaired) electrons. The molecule has 0 saturated carbocycles. The van der Waals surface area contributed by atoms with E-state index >= 15 is 0 Å². The summed E-state index contributed by atoms with van der Waals surface area (Å²) in [5.74, 6) is 0.477. The first-order valence-corrected chi connectivity index (χ1v) is 8.76. The van der Waals surface area contributed by atoms with Gasteiger partial charge >= 0.3 is 0 Å². The maximum Gasteiger partial charge on any atom is 0.112 e. The molecule has 3 nitrogen and oxygen atoms in total. The lowest BCUT2D eigenvalue weighted by Crippen LogP contribution is -2.01. The van der Waals surface area contributed by atoms with Crippen molar-refractivity contribution in [2.75, 3.05) is 11.6 Å². The van der Waals surface area contributed by atoms with E-state index in [1.165, 1.54) is 0 Å². The van der Waals surface area contributed by atoms with Crippen molar-refractivity contribution in [3.8, 4) is 0 Å². The quantitative estimate of drug-likeness (QED) is 0.917. The van der Waals surface area contributed by atoms with Gasteiger partial charge in [-0.05, 0) is 30.7 Å². The Balaban J connectivity index is 2.06. The SMILES string of the molecule is Cc1csc(CNc2ccc(Cl)c(CS(C)=O)c2)n1. The second kappa shape index (κ2) is 6.50. The zero-order valence-electron chi connectivity index (χ0n) is 10.8. The van der Waals surface area contributed by atoms with Crippen molar-refractivity contribution in [1.82, 2.24) is 4.98 Å². The number of rotatable bonds is 5. The van der Waals surface area contributed by atoms with Crippen LogP contribution in [0.1, 0.15) is 16.3 Å². The van der Waals surface area contributed by atoms with Crippen LogP contribution >= 0.6 is 22.9 Å². The summed E-state index contributed by atoms with van der Waals surface area (Å²) in [7, 11) is -0.894. The van der Waals surface area contributed by atoms with Gasteiger partial charge in [-0.1, -0.05) is 11.6 Å². The Hall–Kier alpha value is -0.910. The molecule has 0 aliphatic heterocycles.